The normalized spacial score (nSPS) is 10.9. The van der Waals surface area contributed by atoms with Crippen LogP contribution in [-0.4, -0.2) is 20.7 Å². The van der Waals surface area contributed by atoms with E-state index in [2.05, 4.69) is 34.6 Å². The molecular formula is C26H24ClFN4OS. The first kappa shape index (κ1) is 24.0. The molecule has 0 saturated carbocycles. The Morgan fingerprint density at radius 1 is 1.03 bits per heavy atom. The number of nitrogens with zero attached hydrogens (tertiary/aromatic N) is 3. The fourth-order valence-electron chi connectivity index (χ4n) is 3.52. The molecule has 1 N–H and O–H groups in total. The van der Waals surface area contributed by atoms with Crippen LogP contribution in [0.4, 0.5) is 4.39 Å². The third kappa shape index (κ3) is 5.85. The Kier molecular flexibility index (Phi) is 7.65. The van der Waals surface area contributed by atoms with E-state index in [-0.39, 0.29) is 24.7 Å². The molecule has 34 heavy (non-hydrogen) atoms. The molecule has 1 aromatic heterocycles. The van der Waals surface area contributed by atoms with Gasteiger partial charge in [-0.2, -0.15) is 0 Å². The number of hydrogen-bond acceptors (Lipinski definition) is 4. The predicted molar refractivity (Wildman–Crippen MR) is 134 cm³/mol. The lowest BCUT2D eigenvalue weighted by Crippen LogP contribution is -2.26. The van der Waals surface area contributed by atoms with Gasteiger partial charge in [0, 0.05) is 10.8 Å². The second-order valence-corrected chi connectivity index (χ2v) is 9.34. The fraction of sp³-hybridized carbons (Fsp3) is 0.192. The zero-order valence-corrected chi connectivity index (χ0v) is 20.5. The van der Waals surface area contributed by atoms with Gasteiger partial charge in [-0.3, -0.25) is 9.36 Å². The van der Waals surface area contributed by atoms with Gasteiger partial charge in [-0.25, -0.2) is 4.39 Å². The Morgan fingerprint density at radius 3 is 2.56 bits per heavy atom. The number of aryl methyl sites for hydroxylation is 2. The maximum atomic E-state index is 13.1. The number of carbonyl (C=O) groups is 1. The van der Waals surface area contributed by atoms with Crippen LogP contribution in [0.5, 0.6) is 0 Å². The molecule has 0 unspecified atom stereocenters. The standard InChI is InChI=1S/C26H24ClFN4OS/c1-17-5-3-4-6-20(17)16-34-26-31-30-24(32(26)23-14-21(27)10-7-18(23)2)15-29-25(33)13-19-8-11-22(28)12-9-19/h3-12,14H,13,15-16H2,1-2H3,(H,29,33). The molecule has 0 bridgehead atoms. The average molecular weight is 495 g/mol. The summed E-state index contributed by atoms with van der Waals surface area (Å²) in [5.74, 6) is 0.828. The molecule has 174 valence electrons. The zero-order chi connectivity index (χ0) is 24.1. The molecule has 1 heterocycles. The van der Waals surface area contributed by atoms with Gasteiger partial charge < -0.3 is 5.32 Å². The molecule has 4 aromatic rings. The highest BCUT2D eigenvalue weighted by Crippen LogP contribution is 2.29. The van der Waals surface area contributed by atoms with E-state index in [0.717, 1.165) is 27.7 Å². The minimum Gasteiger partial charge on any atom is -0.348 e. The van der Waals surface area contributed by atoms with Crippen LogP contribution in [0.15, 0.2) is 71.9 Å². The smallest absolute Gasteiger partial charge is 0.224 e. The average Bonchev–Trinajstić information content (AvgIpc) is 3.23. The summed E-state index contributed by atoms with van der Waals surface area (Å²) in [5.41, 5.74) is 5.06. The first-order chi connectivity index (χ1) is 16.4. The van der Waals surface area contributed by atoms with Crippen molar-refractivity contribution in [3.63, 3.8) is 0 Å². The zero-order valence-electron chi connectivity index (χ0n) is 18.9. The van der Waals surface area contributed by atoms with Crippen molar-refractivity contribution < 1.29 is 9.18 Å². The van der Waals surface area contributed by atoms with Crippen LogP contribution in [0.1, 0.15) is 28.1 Å². The molecular weight excluding hydrogens is 471 g/mol. The van der Waals surface area contributed by atoms with Crippen molar-refractivity contribution in [1.82, 2.24) is 20.1 Å². The van der Waals surface area contributed by atoms with Gasteiger partial charge in [0.15, 0.2) is 11.0 Å². The van der Waals surface area contributed by atoms with Crippen LogP contribution in [0.3, 0.4) is 0 Å². The Hall–Kier alpha value is -3.16. The van der Waals surface area contributed by atoms with Gasteiger partial charge in [-0.1, -0.05) is 65.8 Å². The van der Waals surface area contributed by atoms with Gasteiger partial charge in [0.2, 0.25) is 5.91 Å². The van der Waals surface area contributed by atoms with E-state index in [1.54, 1.807) is 23.9 Å². The molecule has 0 fully saturated rings. The third-order valence-corrected chi connectivity index (χ3v) is 6.66. The highest BCUT2D eigenvalue weighted by Gasteiger charge is 2.18. The van der Waals surface area contributed by atoms with E-state index in [9.17, 15) is 9.18 Å². The quantitative estimate of drug-likeness (QED) is 0.313. The molecule has 0 spiro atoms. The van der Waals surface area contributed by atoms with Crippen LogP contribution in [-0.2, 0) is 23.5 Å². The SMILES string of the molecule is Cc1ccccc1CSc1nnc(CNC(=O)Cc2ccc(F)cc2)n1-c1cc(Cl)ccc1C. The number of halogens is 2. The Balaban J connectivity index is 1.56. The predicted octanol–water partition coefficient (Wildman–Crippen LogP) is 5.83. The highest BCUT2D eigenvalue weighted by atomic mass is 35.5. The van der Waals surface area contributed by atoms with Gasteiger partial charge in [-0.15, -0.1) is 10.2 Å². The van der Waals surface area contributed by atoms with Gasteiger partial charge in [-0.05, 0) is 60.4 Å². The van der Waals surface area contributed by atoms with Crippen molar-refractivity contribution in [2.45, 2.75) is 37.7 Å². The maximum Gasteiger partial charge on any atom is 0.224 e. The fourth-order valence-corrected chi connectivity index (χ4v) is 4.72. The summed E-state index contributed by atoms with van der Waals surface area (Å²) in [7, 11) is 0. The number of aromatic nitrogens is 3. The van der Waals surface area contributed by atoms with Crippen LogP contribution in [0, 0.1) is 19.7 Å². The molecule has 3 aromatic carbocycles. The Morgan fingerprint density at radius 2 is 1.79 bits per heavy atom. The third-order valence-electron chi connectivity index (χ3n) is 5.45. The second-order valence-electron chi connectivity index (χ2n) is 7.96. The van der Waals surface area contributed by atoms with Gasteiger partial charge >= 0.3 is 0 Å². The lowest BCUT2D eigenvalue weighted by atomic mass is 10.1. The number of thioether (sulfide) groups is 1. The number of nitrogens with one attached hydrogen (secondary N) is 1. The van der Waals surface area contributed by atoms with Crippen LogP contribution in [0.2, 0.25) is 5.02 Å². The molecule has 0 radical (unpaired) electrons. The van der Waals surface area contributed by atoms with E-state index in [4.69, 9.17) is 11.6 Å². The minimum atomic E-state index is -0.329. The summed E-state index contributed by atoms with van der Waals surface area (Å²) in [6.07, 6.45) is 0.152. The summed E-state index contributed by atoms with van der Waals surface area (Å²) in [6, 6.07) is 19.8. The maximum absolute atomic E-state index is 13.1. The summed E-state index contributed by atoms with van der Waals surface area (Å²) in [5, 5.41) is 13.0. The molecule has 0 saturated heterocycles. The topological polar surface area (TPSA) is 59.8 Å². The summed E-state index contributed by atoms with van der Waals surface area (Å²) < 4.78 is 15.1. The van der Waals surface area contributed by atoms with Crippen molar-refractivity contribution >= 4 is 29.3 Å². The van der Waals surface area contributed by atoms with Crippen molar-refractivity contribution in [2.75, 3.05) is 0 Å². The monoisotopic (exact) mass is 494 g/mol. The Labute approximate surface area is 207 Å². The van der Waals surface area contributed by atoms with Crippen molar-refractivity contribution in [3.8, 4) is 5.69 Å². The number of carbonyl (C=O) groups excluding carboxylic acids is 1. The van der Waals surface area contributed by atoms with Gasteiger partial charge in [0.05, 0.1) is 18.7 Å². The van der Waals surface area contributed by atoms with E-state index in [0.29, 0.717) is 10.8 Å². The van der Waals surface area contributed by atoms with Crippen molar-refractivity contribution in [3.05, 3.63) is 106 Å². The van der Waals surface area contributed by atoms with Crippen LogP contribution >= 0.6 is 23.4 Å². The number of rotatable bonds is 8. The second kappa shape index (κ2) is 10.8. The molecule has 0 aliphatic carbocycles. The van der Waals surface area contributed by atoms with Gasteiger partial charge in [0.25, 0.3) is 0 Å². The molecule has 5 nitrogen and oxygen atoms in total. The minimum absolute atomic E-state index is 0.152. The molecule has 0 atom stereocenters. The lowest BCUT2D eigenvalue weighted by molar-refractivity contribution is -0.120. The van der Waals surface area contributed by atoms with E-state index >= 15 is 0 Å². The molecule has 0 aliphatic heterocycles. The summed E-state index contributed by atoms with van der Waals surface area (Å²) in [4.78, 5) is 12.5. The van der Waals surface area contributed by atoms with Gasteiger partial charge in [0.1, 0.15) is 5.82 Å². The van der Waals surface area contributed by atoms with Crippen molar-refractivity contribution in [2.24, 2.45) is 0 Å². The molecule has 1 amide bonds. The first-order valence-corrected chi connectivity index (χ1v) is 12.2. The summed E-state index contributed by atoms with van der Waals surface area (Å²) in [6.45, 7) is 4.28. The highest BCUT2D eigenvalue weighted by molar-refractivity contribution is 7.98. The van der Waals surface area contributed by atoms with E-state index < -0.39 is 0 Å². The summed E-state index contributed by atoms with van der Waals surface area (Å²) >= 11 is 7.88. The number of amides is 1. The molecule has 0 aliphatic rings. The van der Waals surface area contributed by atoms with Crippen LogP contribution < -0.4 is 5.32 Å². The Bertz CT molecular complexity index is 1310. The van der Waals surface area contributed by atoms with E-state index in [1.165, 1.54) is 23.3 Å². The van der Waals surface area contributed by atoms with Crippen LogP contribution in [0.25, 0.3) is 5.69 Å². The number of hydrogen-bond donors (Lipinski definition) is 1. The molecule has 8 heteroatoms. The molecule has 4 rings (SSSR count). The van der Waals surface area contributed by atoms with E-state index in [1.807, 2.05) is 41.8 Å². The lowest BCUT2D eigenvalue weighted by Gasteiger charge is -2.14. The number of benzene rings is 3. The first-order valence-electron chi connectivity index (χ1n) is 10.8. The largest absolute Gasteiger partial charge is 0.348 e. The van der Waals surface area contributed by atoms with Crippen molar-refractivity contribution in [1.29, 1.82) is 0 Å².